The Labute approximate surface area is 112 Å². The second-order valence-corrected chi connectivity index (χ2v) is 8.00. The Morgan fingerprint density at radius 1 is 1.37 bits per heavy atom. The molecule has 4 N–H and O–H groups in total. The van der Waals surface area contributed by atoms with Crippen LogP contribution < -0.4 is 16.0 Å². The summed E-state index contributed by atoms with van der Waals surface area (Å²) in [5.74, 6) is 4.92. The third kappa shape index (κ3) is 4.74. The lowest BCUT2D eigenvalue weighted by Crippen LogP contribution is -2.37. The van der Waals surface area contributed by atoms with Gasteiger partial charge in [-0.2, -0.15) is 0 Å². The molecule has 1 aromatic rings. The SMILES string of the molecule is CC(CS(C)(=O)=O)NS(=O)(=O)c1cnccc1NN. The van der Waals surface area contributed by atoms with E-state index in [9.17, 15) is 16.8 Å². The average Bonchev–Trinajstić information content (AvgIpc) is 2.25. The molecule has 19 heavy (non-hydrogen) atoms. The maximum Gasteiger partial charge on any atom is 0.244 e. The standard InChI is InChI=1S/C9H16N4O4S2/c1-7(6-18(2,14)15)13-19(16,17)9-5-11-4-3-8(9)12-10/h3-5,7,13H,6,10H2,1-2H3,(H,11,12). The number of sulfone groups is 1. The molecule has 1 unspecified atom stereocenters. The van der Waals surface area contributed by atoms with E-state index in [2.05, 4.69) is 15.1 Å². The van der Waals surface area contributed by atoms with Crippen molar-refractivity contribution in [1.29, 1.82) is 0 Å². The summed E-state index contributed by atoms with van der Waals surface area (Å²) in [6.07, 6.45) is 3.55. The molecule has 0 aliphatic carbocycles. The lowest BCUT2D eigenvalue weighted by Gasteiger charge is -2.14. The largest absolute Gasteiger partial charge is 0.323 e. The molecular formula is C9H16N4O4S2. The van der Waals surface area contributed by atoms with E-state index in [1.54, 1.807) is 0 Å². The summed E-state index contributed by atoms with van der Waals surface area (Å²) in [6.45, 7) is 1.46. The Balaban J connectivity index is 2.99. The van der Waals surface area contributed by atoms with Gasteiger partial charge in [0.15, 0.2) is 0 Å². The number of nitrogens with one attached hydrogen (secondary N) is 2. The molecule has 0 fully saturated rings. The van der Waals surface area contributed by atoms with Crippen molar-refractivity contribution in [2.75, 3.05) is 17.4 Å². The Bertz CT molecular complexity index is 642. The molecule has 0 aromatic carbocycles. The lowest BCUT2D eigenvalue weighted by atomic mass is 10.4. The van der Waals surface area contributed by atoms with Gasteiger partial charge < -0.3 is 5.43 Å². The monoisotopic (exact) mass is 308 g/mol. The number of hydrogen-bond donors (Lipinski definition) is 3. The zero-order chi connectivity index (χ0) is 14.7. The van der Waals surface area contributed by atoms with Crippen LogP contribution in [0.5, 0.6) is 0 Å². The summed E-state index contributed by atoms with van der Waals surface area (Å²) in [5.41, 5.74) is 2.42. The molecule has 0 aliphatic rings. The van der Waals surface area contributed by atoms with Crippen molar-refractivity contribution >= 4 is 25.5 Å². The first kappa shape index (κ1) is 15.8. The summed E-state index contributed by atoms with van der Waals surface area (Å²) < 4.78 is 48.6. The van der Waals surface area contributed by atoms with Gasteiger partial charge in [0.25, 0.3) is 0 Å². The van der Waals surface area contributed by atoms with Gasteiger partial charge in [0.1, 0.15) is 14.7 Å². The molecule has 108 valence electrons. The Morgan fingerprint density at radius 2 is 2.00 bits per heavy atom. The summed E-state index contributed by atoms with van der Waals surface area (Å²) in [5, 5.41) is 0. The third-order valence-corrected chi connectivity index (χ3v) is 4.86. The first-order valence-corrected chi connectivity index (χ1v) is 8.81. The number of nitrogens with zero attached hydrogens (tertiary/aromatic N) is 1. The van der Waals surface area contributed by atoms with Crippen molar-refractivity contribution < 1.29 is 16.8 Å². The van der Waals surface area contributed by atoms with Crippen LogP contribution in [0, 0.1) is 0 Å². The van der Waals surface area contributed by atoms with Gasteiger partial charge in [-0.05, 0) is 13.0 Å². The van der Waals surface area contributed by atoms with Crippen LogP contribution in [0.4, 0.5) is 5.69 Å². The fraction of sp³-hybridized carbons (Fsp3) is 0.444. The number of hydrogen-bond acceptors (Lipinski definition) is 7. The molecule has 0 spiro atoms. The van der Waals surface area contributed by atoms with Gasteiger partial charge in [-0.1, -0.05) is 0 Å². The van der Waals surface area contributed by atoms with Crippen LogP contribution in [0.15, 0.2) is 23.4 Å². The molecule has 0 saturated heterocycles. The first-order chi connectivity index (χ1) is 8.65. The smallest absolute Gasteiger partial charge is 0.244 e. The lowest BCUT2D eigenvalue weighted by molar-refractivity contribution is 0.564. The van der Waals surface area contributed by atoms with E-state index < -0.39 is 25.9 Å². The highest BCUT2D eigenvalue weighted by atomic mass is 32.2. The molecule has 1 aromatic heterocycles. The van der Waals surface area contributed by atoms with E-state index >= 15 is 0 Å². The number of nitrogen functional groups attached to an aromatic ring is 1. The van der Waals surface area contributed by atoms with Crippen LogP contribution in [0.1, 0.15) is 6.92 Å². The van der Waals surface area contributed by atoms with E-state index in [1.165, 1.54) is 19.2 Å². The number of aromatic nitrogens is 1. The average molecular weight is 308 g/mol. The molecule has 10 heteroatoms. The van der Waals surface area contributed by atoms with Crippen molar-refractivity contribution in [3.8, 4) is 0 Å². The van der Waals surface area contributed by atoms with E-state index in [4.69, 9.17) is 5.84 Å². The normalized spacial score (nSPS) is 14.1. The van der Waals surface area contributed by atoms with Crippen LogP contribution >= 0.6 is 0 Å². The molecular weight excluding hydrogens is 292 g/mol. The molecule has 0 aliphatic heterocycles. The predicted molar refractivity (Wildman–Crippen MR) is 71.5 cm³/mol. The van der Waals surface area contributed by atoms with Crippen molar-refractivity contribution in [3.05, 3.63) is 18.5 Å². The minimum atomic E-state index is -3.89. The van der Waals surface area contributed by atoms with Crippen LogP contribution in [0.25, 0.3) is 0 Å². The highest BCUT2D eigenvalue weighted by molar-refractivity contribution is 7.91. The predicted octanol–water partition coefficient (Wildman–Crippen LogP) is -0.921. The number of sulfonamides is 1. The van der Waals surface area contributed by atoms with Gasteiger partial charge in [-0.15, -0.1) is 0 Å². The minimum Gasteiger partial charge on any atom is -0.323 e. The topological polar surface area (TPSA) is 131 Å². The molecule has 0 saturated carbocycles. The number of pyridine rings is 1. The summed E-state index contributed by atoms with van der Waals surface area (Å²) in [4.78, 5) is 3.57. The maximum atomic E-state index is 12.1. The first-order valence-electron chi connectivity index (χ1n) is 5.26. The van der Waals surface area contributed by atoms with Crippen molar-refractivity contribution in [2.45, 2.75) is 17.9 Å². The van der Waals surface area contributed by atoms with Gasteiger partial charge in [0.2, 0.25) is 10.0 Å². The second kappa shape index (κ2) is 5.82. The molecule has 8 nitrogen and oxygen atoms in total. The highest BCUT2D eigenvalue weighted by Gasteiger charge is 2.22. The van der Waals surface area contributed by atoms with Gasteiger partial charge in [-0.25, -0.2) is 21.6 Å². The summed E-state index contributed by atoms with van der Waals surface area (Å²) >= 11 is 0. The van der Waals surface area contributed by atoms with Gasteiger partial charge >= 0.3 is 0 Å². The van der Waals surface area contributed by atoms with Crippen molar-refractivity contribution in [2.24, 2.45) is 5.84 Å². The quantitative estimate of drug-likeness (QED) is 0.457. The fourth-order valence-electron chi connectivity index (χ4n) is 1.53. The highest BCUT2D eigenvalue weighted by Crippen LogP contribution is 2.18. The zero-order valence-corrected chi connectivity index (χ0v) is 12.1. The third-order valence-electron chi connectivity index (χ3n) is 2.14. The molecule has 0 radical (unpaired) electrons. The van der Waals surface area contributed by atoms with Gasteiger partial charge in [-0.3, -0.25) is 10.8 Å². The zero-order valence-electron chi connectivity index (χ0n) is 10.5. The van der Waals surface area contributed by atoms with Gasteiger partial charge in [0.05, 0.1) is 11.4 Å². The van der Waals surface area contributed by atoms with Gasteiger partial charge in [0, 0.05) is 24.7 Å². The van der Waals surface area contributed by atoms with E-state index in [1.807, 2.05) is 0 Å². The van der Waals surface area contributed by atoms with E-state index in [0.29, 0.717) is 0 Å². The number of nitrogens with two attached hydrogens (primary N) is 1. The minimum absolute atomic E-state index is 0.141. The van der Waals surface area contributed by atoms with Crippen LogP contribution in [-0.4, -0.2) is 39.9 Å². The van der Waals surface area contributed by atoms with Crippen LogP contribution in [0.2, 0.25) is 0 Å². The Morgan fingerprint density at radius 3 is 2.53 bits per heavy atom. The molecule has 1 heterocycles. The number of anilines is 1. The molecule has 1 rings (SSSR count). The van der Waals surface area contributed by atoms with E-state index in [0.717, 1.165) is 12.5 Å². The summed E-state index contributed by atoms with van der Waals surface area (Å²) in [7, 11) is -7.17. The Hall–Kier alpha value is -1.23. The molecule has 1 atom stereocenters. The molecule has 0 bridgehead atoms. The van der Waals surface area contributed by atoms with E-state index in [-0.39, 0.29) is 16.3 Å². The second-order valence-electron chi connectivity index (χ2n) is 4.13. The summed E-state index contributed by atoms with van der Waals surface area (Å²) in [6, 6.07) is 0.640. The maximum absolute atomic E-state index is 12.1. The number of hydrazine groups is 1. The Kier molecular flexibility index (Phi) is 4.85. The fourth-order valence-corrected chi connectivity index (χ4v) is 3.98. The van der Waals surface area contributed by atoms with Crippen molar-refractivity contribution in [3.63, 3.8) is 0 Å². The van der Waals surface area contributed by atoms with Crippen molar-refractivity contribution in [1.82, 2.24) is 9.71 Å². The number of rotatable bonds is 6. The van der Waals surface area contributed by atoms with Crippen LogP contribution in [0.3, 0.4) is 0 Å². The molecule has 0 amide bonds. The van der Waals surface area contributed by atoms with Crippen LogP contribution in [-0.2, 0) is 19.9 Å².